The third-order valence-electron chi connectivity index (χ3n) is 4.22. The molecule has 1 atom stereocenters. The number of aryl methyl sites for hydroxylation is 2. The maximum Gasteiger partial charge on any atom is 0.248 e. The zero-order chi connectivity index (χ0) is 20.2. The third kappa shape index (κ3) is 5.01. The third-order valence-corrected chi connectivity index (χ3v) is 5.46. The SMILES string of the molecule is CCOc1ccc(N(C(C)C(=O)Nc2c(C)cccc2C)S(C)(=O)=O)cc1. The maximum atomic E-state index is 12.8. The van der Waals surface area contributed by atoms with Crippen molar-refractivity contribution < 1.29 is 17.9 Å². The van der Waals surface area contributed by atoms with E-state index >= 15 is 0 Å². The average molecular weight is 391 g/mol. The molecule has 0 radical (unpaired) electrons. The number of benzene rings is 2. The van der Waals surface area contributed by atoms with Gasteiger partial charge in [0.25, 0.3) is 0 Å². The number of sulfonamides is 1. The van der Waals surface area contributed by atoms with Gasteiger partial charge in [0.2, 0.25) is 15.9 Å². The molecular weight excluding hydrogens is 364 g/mol. The number of carbonyl (C=O) groups is 1. The van der Waals surface area contributed by atoms with Gasteiger partial charge in [0.05, 0.1) is 18.6 Å². The number of para-hydroxylation sites is 1. The van der Waals surface area contributed by atoms with Gasteiger partial charge in [0, 0.05) is 5.69 Å². The fourth-order valence-electron chi connectivity index (χ4n) is 2.90. The summed E-state index contributed by atoms with van der Waals surface area (Å²) < 4.78 is 31.3. The van der Waals surface area contributed by atoms with E-state index in [1.807, 2.05) is 39.0 Å². The van der Waals surface area contributed by atoms with Crippen LogP contribution in [0.3, 0.4) is 0 Å². The van der Waals surface area contributed by atoms with Crippen molar-refractivity contribution in [1.29, 1.82) is 0 Å². The molecule has 2 aromatic rings. The number of rotatable bonds is 7. The van der Waals surface area contributed by atoms with E-state index in [-0.39, 0.29) is 0 Å². The Labute approximate surface area is 161 Å². The minimum Gasteiger partial charge on any atom is -0.494 e. The second-order valence-electron chi connectivity index (χ2n) is 6.42. The molecular formula is C20H26N2O4S. The Balaban J connectivity index is 2.32. The molecule has 0 aliphatic carbocycles. The Kier molecular flexibility index (Phi) is 6.49. The second kappa shape index (κ2) is 8.43. The van der Waals surface area contributed by atoms with Gasteiger partial charge >= 0.3 is 0 Å². The van der Waals surface area contributed by atoms with Crippen molar-refractivity contribution in [3.63, 3.8) is 0 Å². The molecule has 7 heteroatoms. The van der Waals surface area contributed by atoms with E-state index in [0.29, 0.717) is 23.7 Å². The second-order valence-corrected chi connectivity index (χ2v) is 8.28. The van der Waals surface area contributed by atoms with Crippen molar-refractivity contribution in [2.45, 2.75) is 33.7 Å². The van der Waals surface area contributed by atoms with Crippen molar-refractivity contribution in [1.82, 2.24) is 0 Å². The number of nitrogens with zero attached hydrogens (tertiary/aromatic N) is 1. The molecule has 0 heterocycles. The fourth-order valence-corrected chi connectivity index (χ4v) is 4.08. The quantitative estimate of drug-likeness (QED) is 0.785. The Bertz CT molecular complexity index is 888. The lowest BCUT2D eigenvalue weighted by Crippen LogP contribution is -2.45. The van der Waals surface area contributed by atoms with Crippen LogP contribution >= 0.6 is 0 Å². The summed E-state index contributed by atoms with van der Waals surface area (Å²) >= 11 is 0. The smallest absolute Gasteiger partial charge is 0.248 e. The average Bonchev–Trinajstić information content (AvgIpc) is 2.59. The van der Waals surface area contributed by atoms with Crippen molar-refractivity contribution >= 4 is 27.3 Å². The molecule has 0 aromatic heterocycles. The summed E-state index contributed by atoms with van der Waals surface area (Å²) in [5, 5.41) is 2.86. The van der Waals surface area contributed by atoms with E-state index in [4.69, 9.17) is 4.74 Å². The summed E-state index contributed by atoms with van der Waals surface area (Å²) in [6.45, 7) is 7.75. The first-order valence-electron chi connectivity index (χ1n) is 8.74. The lowest BCUT2D eigenvalue weighted by Gasteiger charge is -2.28. The van der Waals surface area contributed by atoms with Gasteiger partial charge in [0.15, 0.2) is 0 Å². The molecule has 1 unspecified atom stereocenters. The first-order valence-corrected chi connectivity index (χ1v) is 10.6. The van der Waals surface area contributed by atoms with Gasteiger partial charge in [-0.05, 0) is 63.1 Å². The van der Waals surface area contributed by atoms with E-state index in [0.717, 1.165) is 21.7 Å². The molecule has 1 amide bonds. The Morgan fingerprint density at radius 1 is 1.11 bits per heavy atom. The largest absolute Gasteiger partial charge is 0.494 e. The summed E-state index contributed by atoms with van der Waals surface area (Å²) in [7, 11) is -3.67. The molecule has 0 saturated carbocycles. The molecule has 1 N–H and O–H groups in total. The molecule has 0 bridgehead atoms. The van der Waals surface area contributed by atoms with Crippen LogP contribution in [-0.2, 0) is 14.8 Å². The molecule has 0 saturated heterocycles. The molecule has 27 heavy (non-hydrogen) atoms. The van der Waals surface area contributed by atoms with Crippen LogP contribution in [-0.4, -0.2) is 33.2 Å². The van der Waals surface area contributed by atoms with Crippen molar-refractivity contribution in [2.75, 3.05) is 22.5 Å². The fraction of sp³-hybridized carbons (Fsp3) is 0.350. The molecule has 146 valence electrons. The highest BCUT2D eigenvalue weighted by atomic mass is 32.2. The van der Waals surface area contributed by atoms with Crippen LogP contribution in [0.2, 0.25) is 0 Å². The first kappa shape index (κ1) is 20.8. The van der Waals surface area contributed by atoms with E-state index in [1.165, 1.54) is 0 Å². The number of anilines is 2. The number of hydrogen-bond acceptors (Lipinski definition) is 4. The zero-order valence-corrected chi connectivity index (χ0v) is 17.1. The number of amides is 1. The van der Waals surface area contributed by atoms with E-state index in [1.54, 1.807) is 31.2 Å². The highest BCUT2D eigenvalue weighted by molar-refractivity contribution is 7.92. The number of ether oxygens (including phenoxy) is 1. The molecule has 2 aromatic carbocycles. The number of carbonyl (C=O) groups excluding carboxylic acids is 1. The lowest BCUT2D eigenvalue weighted by atomic mass is 10.1. The summed E-state index contributed by atoms with van der Waals surface area (Å²) in [6, 6.07) is 11.4. The number of nitrogens with one attached hydrogen (secondary N) is 1. The van der Waals surface area contributed by atoms with Crippen LogP contribution in [0.1, 0.15) is 25.0 Å². The van der Waals surface area contributed by atoms with Crippen molar-refractivity contribution in [2.24, 2.45) is 0 Å². The van der Waals surface area contributed by atoms with Gasteiger partial charge in [-0.1, -0.05) is 18.2 Å². The Morgan fingerprint density at radius 2 is 1.67 bits per heavy atom. The molecule has 0 aliphatic rings. The molecule has 6 nitrogen and oxygen atoms in total. The first-order chi connectivity index (χ1) is 12.6. The van der Waals surface area contributed by atoms with Crippen LogP contribution in [0, 0.1) is 13.8 Å². The number of hydrogen-bond donors (Lipinski definition) is 1. The van der Waals surface area contributed by atoms with Crippen LogP contribution in [0.25, 0.3) is 0 Å². The van der Waals surface area contributed by atoms with Crippen LogP contribution in [0.4, 0.5) is 11.4 Å². The minimum atomic E-state index is -3.67. The highest BCUT2D eigenvalue weighted by Gasteiger charge is 2.29. The predicted octanol–water partition coefficient (Wildman–Crippen LogP) is 3.50. The van der Waals surface area contributed by atoms with E-state index in [9.17, 15) is 13.2 Å². The van der Waals surface area contributed by atoms with E-state index < -0.39 is 22.0 Å². The van der Waals surface area contributed by atoms with Gasteiger partial charge < -0.3 is 10.1 Å². The molecule has 0 spiro atoms. The zero-order valence-electron chi connectivity index (χ0n) is 16.3. The van der Waals surface area contributed by atoms with Gasteiger partial charge in [-0.25, -0.2) is 8.42 Å². The molecule has 0 aliphatic heterocycles. The van der Waals surface area contributed by atoms with Gasteiger partial charge in [-0.2, -0.15) is 0 Å². The highest BCUT2D eigenvalue weighted by Crippen LogP contribution is 2.25. The van der Waals surface area contributed by atoms with Gasteiger partial charge in [-0.3, -0.25) is 9.10 Å². The van der Waals surface area contributed by atoms with Crippen LogP contribution in [0.15, 0.2) is 42.5 Å². The van der Waals surface area contributed by atoms with Gasteiger partial charge in [0.1, 0.15) is 11.8 Å². The van der Waals surface area contributed by atoms with Gasteiger partial charge in [-0.15, -0.1) is 0 Å². The summed E-state index contributed by atoms with van der Waals surface area (Å²) in [5.74, 6) is 0.244. The normalized spacial score (nSPS) is 12.3. The molecule has 2 rings (SSSR count). The summed E-state index contributed by atoms with van der Waals surface area (Å²) in [4.78, 5) is 12.8. The standard InChI is InChI=1S/C20H26N2O4S/c1-6-26-18-12-10-17(11-13-18)22(27(5,24)25)16(4)20(23)21-19-14(2)8-7-9-15(19)3/h7-13,16H,6H2,1-5H3,(H,21,23). The maximum absolute atomic E-state index is 12.8. The minimum absolute atomic E-state index is 0.397. The Morgan fingerprint density at radius 3 is 2.15 bits per heavy atom. The van der Waals surface area contributed by atoms with Crippen LogP contribution in [0.5, 0.6) is 5.75 Å². The monoisotopic (exact) mass is 390 g/mol. The van der Waals surface area contributed by atoms with Crippen molar-refractivity contribution in [3.05, 3.63) is 53.6 Å². The summed E-state index contributed by atoms with van der Waals surface area (Å²) in [5.41, 5.74) is 2.95. The lowest BCUT2D eigenvalue weighted by molar-refractivity contribution is -0.116. The van der Waals surface area contributed by atoms with Crippen LogP contribution < -0.4 is 14.4 Å². The summed E-state index contributed by atoms with van der Waals surface area (Å²) in [6.07, 6.45) is 1.09. The topological polar surface area (TPSA) is 75.7 Å². The van der Waals surface area contributed by atoms with E-state index in [2.05, 4.69) is 5.32 Å². The molecule has 0 fully saturated rings. The van der Waals surface area contributed by atoms with Crippen molar-refractivity contribution in [3.8, 4) is 5.75 Å². The Hall–Kier alpha value is -2.54. The predicted molar refractivity (Wildman–Crippen MR) is 109 cm³/mol.